The van der Waals surface area contributed by atoms with Crippen molar-refractivity contribution < 1.29 is 27.2 Å². The molecule has 208 valence electrons. The number of hydrogen-bond acceptors (Lipinski definition) is 5. The van der Waals surface area contributed by atoms with Gasteiger partial charge in [0.25, 0.3) is 0 Å². The quantitative estimate of drug-likeness (QED) is 0.336. The molecule has 0 bridgehead atoms. The van der Waals surface area contributed by atoms with E-state index in [1.165, 1.54) is 11.8 Å². The van der Waals surface area contributed by atoms with Crippen LogP contribution in [-0.4, -0.2) is 9.79 Å². The molecule has 2 aromatic rings. The first-order chi connectivity index (χ1) is 16.5. The van der Waals surface area contributed by atoms with E-state index in [0.717, 1.165) is 22.3 Å². The van der Waals surface area contributed by atoms with Gasteiger partial charge < -0.3 is 18.8 Å². The van der Waals surface area contributed by atoms with E-state index in [1.54, 1.807) is 0 Å². The first-order valence-electron chi connectivity index (χ1n) is 12.2. The van der Waals surface area contributed by atoms with E-state index in [4.69, 9.17) is 9.05 Å². The summed E-state index contributed by atoms with van der Waals surface area (Å²) in [5.41, 5.74) is 2.23. The Morgan fingerprint density at radius 1 is 0.568 bits per heavy atom. The van der Waals surface area contributed by atoms with Gasteiger partial charge in [-0.15, -0.1) is 8.39 Å². The molecule has 2 unspecified atom stereocenters. The van der Waals surface area contributed by atoms with Gasteiger partial charge >= 0.3 is 17.4 Å². The standard InChI is InChI=1S/C28H42F2O4P2S/c1-25(2,3)17-13-19(27(7,8)9)23(33-35(29)31)21(15-17)37-22-16-18(26(4,5)6)14-20(28(10,11)12)24(22)34-36(30)32/h13-16,31-32H,1-12H3. The van der Waals surface area contributed by atoms with E-state index >= 15 is 0 Å². The summed E-state index contributed by atoms with van der Waals surface area (Å²) in [6.07, 6.45) is 0. The SMILES string of the molecule is CC(C)(C)c1cc(Sc2cc(C(C)(C)C)cc(C(C)(C)C)c2OP(O)F)c(OP(O)F)c(C(C)(C)C)c1. The zero-order valence-corrected chi connectivity index (χ0v) is 26.7. The van der Waals surface area contributed by atoms with Crippen molar-refractivity contribution in [2.75, 3.05) is 0 Å². The third-order valence-corrected chi connectivity index (χ3v) is 7.72. The molecule has 0 heterocycles. The van der Waals surface area contributed by atoms with Gasteiger partial charge in [0.15, 0.2) is 0 Å². The molecule has 37 heavy (non-hydrogen) atoms. The summed E-state index contributed by atoms with van der Waals surface area (Å²) in [4.78, 5) is 20.5. The predicted molar refractivity (Wildman–Crippen MR) is 154 cm³/mol. The van der Waals surface area contributed by atoms with Crippen LogP contribution in [0.1, 0.15) is 105 Å². The van der Waals surface area contributed by atoms with Gasteiger partial charge in [-0.3, -0.25) is 0 Å². The highest BCUT2D eigenvalue weighted by atomic mass is 32.2. The molecular weight excluding hydrogens is 532 g/mol. The van der Waals surface area contributed by atoms with Crippen molar-refractivity contribution in [1.29, 1.82) is 0 Å². The van der Waals surface area contributed by atoms with Gasteiger partial charge in [0.05, 0.1) is 9.79 Å². The fourth-order valence-corrected chi connectivity index (χ4v) is 5.71. The molecule has 2 rings (SSSR count). The van der Waals surface area contributed by atoms with Crippen LogP contribution in [0, 0.1) is 0 Å². The largest absolute Gasteiger partial charge is 0.436 e. The molecule has 0 amide bonds. The van der Waals surface area contributed by atoms with E-state index in [0.29, 0.717) is 9.79 Å². The van der Waals surface area contributed by atoms with E-state index in [9.17, 15) is 18.2 Å². The van der Waals surface area contributed by atoms with Crippen LogP contribution >= 0.6 is 29.1 Å². The van der Waals surface area contributed by atoms with Crippen molar-refractivity contribution in [3.05, 3.63) is 46.5 Å². The van der Waals surface area contributed by atoms with Gasteiger partial charge in [-0.2, -0.15) is 0 Å². The summed E-state index contributed by atoms with van der Waals surface area (Å²) < 4.78 is 38.8. The molecule has 2 N–H and O–H groups in total. The van der Waals surface area contributed by atoms with Crippen molar-refractivity contribution in [2.24, 2.45) is 0 Å². The number of benzene rings is 2. The second kappa shape index (κ2) is 11.3. The summed E-state index contributed by atoms with van der Waals surface area (Å²) in [5.74, 6) is 0.495. The van der Waals surface area contributed by atoms with Crippen LogP contribution < -0.4 is 9.05 Å². The molecular formula is C28H42F2O4P2S. The molecule has 0 saturated heterocycles. The second-order valence-electron chi connectivity index (χ2n) is 13.4. The zero-order valence-electron chi connectivity index (χ0n) is 24.1. The number of hydrogen-bond donors (Lipinski definition) is 2. The molecule has 0 saturated carbocycles. The summed E-state index contributed by atoms with van der Waals surface area (Å²) in [7, 11) is -6.36. The average molecular weight is 575 g/mol. The van der Waals surface area contributed by atoms with Crippen LogP contribution in [0.15, 0.2) is 34.1 Å². The molecule has 2 aromatic carbocycles. The topological polar surface area (TPSA) is 58.9 Å². The lowest BCUT2D eigenvalue weighted by Crippen LogP contribution is -2.18. The lowest BCUT2D eigenvalue weighted by Gasteiger charge is -2.30. The van der Waals surface area contributed by atoms with Crippen LogP contribution in [0.4, 0.5) is 8.39 Å². The number of halogens is 2. The maximum atomic E-state index is 14.0. The maximum absolute atomic E-state index is 14.0. The van der Waals surface area contributed by atoms with E-state index in [1.807, 2.05) is 65.8 Å². The molecule has 0 aliphatic rings. The summed E-state index contributed by atoms with van der Waals surface area (Å²) in [6, 6.07) is 7.85. The van der Waals surface area contributed by atoms with Gasteiger partial charge in [-0.25, -0.2) is 0 Å². The zero-order chi connectivity index (χ0) is 28.7. The predicted octanol–water partition coefficient (Wildman–Crippen LogP) is 10.2. The first-order valence-corrected chi connectivity index (χ1v) is 15.3. The van der Waals surface area contributed by atoms with E-state index in [-0.39, 0.29) is 22.3 Å². The van der Waals surface area contributed by atoms with Gasteiger partial charge in [-0.05, 0) is 44.9 Å². The van der Waals surface area contributed by atoms with Crippen molar-refractivity contribution in [2.45, 2.75) is 115 Å². The van der Waals surface area contributed by atoms with Crippen LogP contribution in [0.25, 0.3) is 0 Å². The van der Waals surface area contributed by atoms with Crippen LogP contribution in [0.2, 0.25) is 0 Å². The summed E-state index contributed by atoms with van der Waals surface area (Å²) >= 11 is 1.26. The molecule has 0 aromatic heterocycles. The van der Waals surface area contributed by atoms with Crippen LogP contribution in [-0.2, 0) is 21.7 Å². The third-order valence-electron chi connectivity index (χ3n) is 6.01. The number of rotatable bonds is 6. The highest BCUT2D eigenvalue weighted by Crippen LogP contribution is 2.53. The van der Waals surface area contributed by atoms with Crippen molar-refractivity contribution in [3.8, 4) is 11.5 Å². The lowest BCUT2D eigenvalue weighted by atomic mass is 9.80. The van der Waals surface area contributed by atoms with Crippen molar-refractivity contribution >= 4 is 29.1 Å². The van der Waals surface area contributed by atoms with Crippen molar-refractivity contribution in [3.63, 3.8) is 0 Å². The second-order valence-corrected chi connectivity index (χ2v) is 15.8. The van der Waals surface area contributed by atoms with Crippen LogP contribution in [0.3, 0.4) is 0 Å². The molecule has 0 fully saturated rings. The Balaban J connectivity index is 2.99. The van der Waals surface area contributed by atoms with Gasteiger partial charge in [0, 0.05) is 11.1 Å². The smallest absolute Gasteiger partial charge is 0.422 e. The van der Waals surface area contributed by atoms with Crippen molar-refractivity contribution in [1.82, 2.24) is 0 Å². The van der Waals surface area contributed by atoms with E-state index < -0.39 is 28.2 Å². The normalized spacial score (nSPS) is 14.9. The Labute approximate surface area is 228 Å². The third kappa shape index (κ3) is 8.51. The minimum atomic E-state index is -3.18. The minimum Gasteiger partial charge on any atom is -0.422 e. The highest BCUT2D eigenvalue weighted by Gasteiger charge is 2.31. The summed E-state index contributed by atoms with van der Waals surface area (Å²) in [5, 5.41) is 0. The Morgan fingerprint density at radius 2 is 0.865 bits per heavy atom. The Kier molecular flexibility index (Phi) is 9.81. The fourth-order valence-electron chi connectivity index (χ4n) is 3.79. The maximum Gasteiger partial charge on any atom is 0.436 e. The minimum absolute atomic E-state index is 0.227. The summed E-state index contributed by atoms with van der Waals surface area (Å²) in [6.45, 7) is 24.6. The Morgan fingerprint density at radius 3 is 1.08 bits per heavy atom. The first kappa shape index (κ1) is 32.2. The van der Waals surface area contributed by atoms with E-state index in [2.05, 4.69) is 41.5 Å². The van der Waals surface area contributed by atoms with Gasteiger partial charge in [0.1, 0.15) is 11.5 Å². The average Bonchev–Trinajstić information content (AvgIpc) is 2.65. The Bertz CT molecular complexity index is 1020. The highest BCUT2D eigenvalue weighted by molar-refractivity contribution is 7.99. The molecule has 0 aliphatic heterocycles. The fraction of sp³-hybridized carbons (Fsp3) is 0.571. The lowest BCUT2D eigenvalue weighted by molar-refractivity contribution is 0.416. The molecule has 0 radical (unpaired) electrons. The van der Waals surface area contributed by atoms with Gasteiger partial charge in [0.2, 0.25) is 0 Å². The monoisotopic (exact) mass is 574 g/mol. The molecule has 2 atom stereocenters. The van der Waals surface area contributed by atoms with Crippen LogP contribution in [0.5, 0.6) is 11.5 Å². The molecule has 4 nitrogen and oxygen atoms in total. The molecule has 0 spiro atoms. The van der Waals surface area contributed by atoms with Gasteiger partial charge in [-0.1, -0.05) is 107 Å². The molecule has 9 heteroatoms. The molecule has 0 aliphatic carbocycles. The Hall–Kier alpha value is -0.970.